The Morgan fingerprint density at radius 3 is 2.49 bits per heavy atom. The second-order valence-corrected chi connectivity index (χ2v) is 13.0. The number of likely N-dealkylation sites (tertiary alicyclic amines) is 1. The molecule has 13 heteroatoms. The van der Waals surface area contributed by atoms with Crippen LogP contribution < -0.4 is 5.32 Å². The molecule has 0 radical (unpaired) electrons. The minimum atomic E-state index is -0.846. The van der Waals surface area contributed by atoms with E-state index in [1.54, 1.807) is 45.7 Å². The molecule has 1 atom stereocenters. The Kier molecular flexibility index (Phi) is 8.81. The first kappa shape index (κ1) is 31.9. The number of ether oxygens (including phenoxy) is 2. The first-order valence-electron chi connectivity index (χ1n) is 15.0. The number of benzene rings is 1. The lowest BCUT2D eigenvalue weighted by Crippen LogP contribution is -2.44. The number of aromatic nitrogens is 5. The summed E-state index contributed by atoms with van der Waals surface area (Å²) in [7, 11) is 0. The van der Waals surface area contributed by atoms with Crippen molar-refractivity contribution in [3.63, 3.8) is 0 Å². The number of nitrogens with zero attached hydrogens (tertiary/aromatic N) is 6. The summed E-state index contributed by atoms with van der Waals surface area (Å²) in [5.41, 5.74) is 0.811. The van der Waals surface area contributed by atoms with Crippen molar-refractivity contribution in [2.45, 2.75) is 78.2 Å². The Bertz CT molecular complexity index is 1690. The zero-order valence-corrected chi connectivity index (χ0v) is 26.4. The molecule has 0 bridgehead atoms. The van der Waals surface area contributed by atoms with Crippen molar-refractivity contribution in [1.29, 1.82) is 0 Å². The largest absolute Gasteiger partial charge is 0.457 e. The van der Waals surface area contributed by atoms with Crippen molar-refractivity contribution in [2.75, 3.05) is 18.4 Å². The third-order valence-corrected chi connectivity index (χ3v) is 7.50. The van der Waals surface area contributed by atoms with E-state index in [0.717, 1.165) is 29.3 Å². The van der Waals surface area contributed by atoms with Gasteiger partial charge >= 0.3 is 12.1 Å². The molecule has 45 heavy (non-hydrogen) atoms. The second kappa shape index (κ2) is 12.4. The smallest absolute Gasteiger partial charge is 0.410 e. The number of amides is 1. The number of halogens is 2. The lowest BCUT2D eigenvalue weighted by Gasteiger charge is -2.34. The quantitative estimate of drug-likeness (QED) is 0.237. The molecular weight excluding hydrogens is 584 g/mol. The van der Waals surface area contributed by atoms with E-state index in [1.807, 2.05) is 40.8 Å². The van der Waals surface area contributed by atoms with Crippen LogP contribution in [0.2, 0.25) is 0 Å². The lowest BCUT2D eigenvalue weighted by molar-refractivity contribution is -0.164. The molecule has 5 rings (SSSR count). The maximum Gasteiger partial charge on any atom is 0.410 e. The van der Waals surface area contributed by atoms with Gasteiger partial charge in [0.1, 0.15) is 28.7 Å². The minimum absolute atomic E-state index is 0.196. The molecule has 0 saturated carbocycles. The zero-order valence-electron chi connectivity index (χ0n) is 26.4. The van der Waals surface area contributed by atoms with E-state index in [4.69, 9.17) is 9.47 Å². The second-order valence-electron chi connectivity index (χ2n) is 13.0. The van der Waals surface area contributed by atoms with Crippen LogP contribution in [-0.2, 0) is 20.8 Å². The highest BCUT2D eigenvalue weighted by Crippen LogP contribution is 2.28. The topological polar surface area (TPSA) is 116 Å². The number of carbonyl (C=O) groups excluding carboxylic acids is 2. The van der Waals surface area contributed by atoms with Crippen molar-refractivity contribution in [3.05, 3.63) is 66.3 Å². The number of esters is 1. The van der Waals surface area contributed by atoms with Gasteiger partial charge in [-0.25, -0.2) is 23.1 Å². The van der Waals surface area contributed by atoms with Crippen molar-refractivity contribution in [1.82, 2.24) is 29.3 Å². The Labute approximate surface area is 260 Å². The first-order valence-corrected chi connectivity index (χ1v) is 15.0. The molecule has 1 fully saturated rings. The number of anilines is 1. The molecule has 1 aromatic carbocycles. The fourth-order valence-corrected chi connectivity index (χ4v) is 5.29. The van der Waals surface area contributed by atoms with Gasteiger partial charge < -0.3 is 19.7 Å². The van der Waals surface area contributed by atoms with Gasteiger partial charge in [-0.05, 0) is 78.6 Å². The number of rotatable bonds is 8. The van der Waals surface area contributed by atoms with Crippen LogP contribution in [0.4, 0.5) is 19.4 Å². The molecule has 11 nitrogen and oxygen atoms in total. The number of carbonyl (C=O) groups is 2. The molecule has 0 spiro atoms. The van der Waals surface area contributed by atoms with Crippen LogP contribution in [0, 0.1) is 17.6 Å². The summed E-state index contributed by atoms with van der Waals surface area (Å²) in [6.07, 6.45) is 7.58. The first-order chi connectivity index (χ1) is 21.2. The summed E-state index contributed by atoms with van der Waals surface area (Å²) in [5, 5.41) is 12.0. The molecule has 3 aromatic heterocycles. The summed E-state index contributed by atoms with van der Waals surface area (Å²) >= 11 is 0. The average Bonchev–Trinajstić information content (AvgIpc) is 3.59. The van der Waals surface area contributed by atoms with E-state index < -0.39 is 28.9 Å². The maximum atomic E-state index is 14.3. The predicted molar refractivity (Wildman–Crippen MR) is 163 cm³/mol. The fraction of sp³-hybridized carbons (Fsp3) is 0.469. The van der Waals surface area contributed by atoms with Crippen LogP contribution in [0.15, 0.2) is 49.1 Å². The number of nitrogens with one attached hydrogen (secondary N) is 1. The van der Waals surface area contributed by atoms with Crippen LogP contribution in [0.25, 0.3) is 16.8 Å². The van der Waals surface area contributed by atoms with Crippen LogP contribution in [0.1, 0.15) is 66.0 Å². The van der Waals surface area contributed by atoms with Gasteiger partial charge in [0.25, 0.3) is 0 Å². The molecule has 1 saturated heterocycles. The summed E-state index contributed by atoms with van der Waals surface area (Å²) in [6.45, 7) is 12.0. The van der Waals surface area contributed by atoms with E-state index >= 15 is 0 Å². The van der Waals surface area contributed by atoms with E-state index in [1.165, 1.54) is 0 Å². The van der Waals surface area contributed by atoms with Crippen LogP contribution in [0.5, 0.6) is 0 Å². The van der Waals surface area contributed by atoms with E-state index in [0.29, 0.717) is 43.9 Å². The van der Waals surface area contributed by atoms with Gasteiger partial charge in [-0.3, -0.25) is 9.48 Å². The SMILES string of the molecule is C[C@@H](Nc1ccn2ncc(-c3cnn(CC(C)(C)OC(=O)C4CCN(C(=O)OC(C)(C)C)CC4)c3)c2n1)c1cc(F)ccc1F. The molecule has 1 amide bonds. The zero-order chi connectivity index (χ0) is 32.5. The van der Waals surface area contributed by atoms with Crippen LogP contribution in [-0.4, -0.2) is 65.6 Å². The minimum Gasteiger partial charge on any atom is -0.457 e. The van der Waals surface area contributed by atoms with Gasteiger partial charge in [-0.2, -0.15) is 10.2 Å². The Balaban J connectivity index is 1.21. The van der Waals surface area contributed by atoms with Gasteiger partial charge in [0.15, 0.2) is 5.65 Å². The van der Waals surface area contributed by atoms with E-state index in [9.17, 15) is 18.4 Å². The van der Waals surface area contributed by atoms with Crippen molar-refractivity contribution >= 4 is 23.5 Å². The third kappa shape index (κ3) is 7.76. The van der Waals surface area contributed by atoms with Gasteiger partial charge in [-0.15, -0.1) is 0 Å². The van der Waals surface area contributed by atoms with Crippen molar-refractivity contribution < 1.29 is 27.8 Å². The molecular formula is C32H39F2N7O4. The molecule has 0 unspecified atom stereocenters. The lowest BCUT2D eigenvalue weighted by atomic mass is 9.97. The molecule has 4 aromatic rings. The summed E-state index contributed by atoms with van der Waals surface area (Å²) in [4.78, 5) is 31.7. The monoisotopic (exact) mass is 623 g/mol. The summed E-state index contributed by atoms with van der Waals surface area (Å²) in [6, 6.07) is 4.52. The third-order valence-electron chi connectivity index (χ3n) is 7.50. The van der Waals surface area contributed by atoms with Gasteiger partial charge in [0.05, 0.1) is 30.9 Å². The number of piperidine rings is 1. The Morgan fingerprint density at radius 2 is 1.78 bits per heavy atom. The maximum absolute atomic E-state index is 14.3. The van der Waals surface area contributed by atoms with Crippen LogP contribution in [0.3, 0.4) is 0 Å². The molecule has 4 heterocycles. The molecule has 1 aliphatic heterocycles. The Hall–Kier alpha value is -4.55. The predicted octanol–water partition coefficient (Wildman–Crippen LogP) is 6.01. The highest BCUT2D eigenvalue weighted by molar-refractivity contribution is 5.77. The van der Waals surface area contributed by atoms with Gasteiger partial charge in [-0.1, -0.05) is 0 Å². The van der Waals surface area contributed by atoms with Gasteiger partial charge in [0, 0.05) is 42.2 Å². The molecule has 0 aliphatic carbocycles. The molecule has 240 valence electrons. The van der Waals surface area contributed by atoms with E-state index in [-0.39, 0.29) is 23.5 Å². The molecule has 1 N–H and O–H groups in total. The number of hydrogen-bond acceptors (Lipinski definition) is 8. The molecule has 1 aliphatic rings. The standard InChI is InChI=1S/C32H39F2N7O4/c1-20(24-15-23(33)7-8-26(24)34)37-27-11-14-41-28(38-27)25(17-36-41)22-16-35-40(18-22)19-32(5,6)44-29(42)21-9-12-39(13-10-21)30(43)45-31(2,3)4/h7-8,11,14-18,20-21H,9-10,12-13,19H2,1-6H3,(H,37,38)/t20-/m1/s1. The fourth-order valence-electron chi connectivity index (χ4n) is 5.29. The highest BCUT2D eigenvalue weighted by atomic mass is 19.1. The van der Waals surface area contributed by atoms with Crippen molar-refractivity contribution in [2.24, 2.45) is 5.92 Å². The van der Waals surface area contributed by atoms with Crippen LogP contribution >= 0.6 is 0 Å². The van der Waals surface area contributed by atoms with Gasteiger partial charge in [0.2, 0.25) is 0 Å². The number of fused-ring (bicyclic) bond motifs is 1. The Morgan fingerprint density at radius 1 is 1.04 bits per heavy atom. The summed E-state index contributed by atoms with van der Waals surface area (Å²) < 4.78 is 42.7. The summed E-state index contributed by atoms with van der Waals surface area (Å²) in [5.74, 6) is -1.15. The average molecular weight is 624 g/mol. The highest BCUT2D eigenvalue weighted by Gasteiger charge is 2.34. The van der Waals surface area contributed by atoms with Crippen molar-refractivity contribution in [3.8, 4) is 11.1 Å². The number of hydrogen-bond donors (Lipinski definition) is 1. The van der Waals surface area contributed by atoms with E-state index in [2.05, 4.69) is 20.5 Å². The normalized spacial score (nSPS) is 15.2.